The zero-order valence-corrected chi connectivity index (χ0v) is 10.5. The van der Waals surface area contributed by atoms with Crippen LogP contribution in [-0.2, 0) is 11.3 Å². The highest BCUT2D eigenvalue weighted by atomic mass is 16.1. The molecule has 0 aliphatic heterocycles. The number of likely N-dealkylation sites (N-methyl/N-ethyl adjacent to an activating group) is 1. The predicted molar refractivity (Wildman–Crippen MR) is 66.5 cm³/mol. The van der Waals surface area contributed by atoms with E-state index in [2.05, 4.69) is 29.1 Å². The summed E-state index contributed by atoms with van der Waals surface area (Å²) < 4.78 is 0. The van der Waals surface area contributed by atoms with E-state index in [9.17, 15) is 4.79 Å². The summed E-state index contributed by atoms with van der Waals surface area (Å²) in [6.45, 7) is 5.01. The van der Waals surface area contributed by atoms with Crippen LogP contribution in [0, 0.1) is 0 Å². The maximum atomic E-state index is 10.7. The van der Waals surface area contributed by atoms with Crippen molar-refractivity contribution in [3.05, 3.63) is 18.0 Å². The minimum absolute atomic E-state index is 0.115. The van der Waals surface area contributed by atoms with Crippen molar-refractivity contribution < 1.29 is 4.79 Å². The van der Waals surface area contributed by atoms with Gasteiger partial charge in [-0.15, -0.1) is 0 Å². The van der Waals surface area contributed by atoms with Gasteiger partial charge < -0.3 is 16.0 Å². The molecule has 17 heavy (non-hydrogen) atoms. The lowest BCUT2D eigenvalue weighted by atomic mass is 10.3. The SMILES string of the molecule is CC(C)NCc1cnc(N(C)CC(N)=O)nc1. The Bertz CT molecular complexity index is 363. The second-order valence-corrected chi connectivity index (χ2v) is 4.25. The summed E-state index contributed by atoms with van der Waals surface area (Å²) in [6, 6.07) is 0.423. The second kappa shape index (κ2) is 6.15. The Kier molecular flexibility index (Phi) is 4.84. The van der Waals surface area contributed by atoms with Gasteiger partial charge in [0, 0.05) is 37.6 Å². The summed E-state index contributed by atoms with van der Waals surface area (Å²) in [4.78, 5) is 20.7. The van der Waals surface area contributed by atoms with Gasteiger partial charge in [-0.2, -0.15) is 0 Å². The fourth-order valence-electron chi connectivity index (χ4n) is 1.26. The first-order valence-corrected chi connectivity index (χ1v) is 5.52. The Morgan fingerprint density at radius 1 is 1.47 bits per heavy atom. The number of nitrogens with one attached hydrogen (secondary N) is 1. The molecule has 0 unspecified atom stereocenters. The number of rotatable bonds is 6. The number of anilines is 1. The standard InChI is InChI=1S/C11H19N5O/c1-8(2)13-4-9-5-14-11(15-6-9)16(3)7-10(12)17/h5-6,8,13H,4,7H2,1-3H3,(H2,12,17). The van der Waals surface area contributed by atoms with Crippen molar-refractivity contribution in [1.82, 2.24) is 15.3 Å². The molecule has 0 saturated carbocycles. The molecule has 1 rings (SSSR count). The molecule has 1 aromatic heterocycles. The highest BCUT2D eigenvalue weighted by Crippen LogP contribution is 2.04. The van der Waals surface area contributed by atoms with Gasteiger partial charge in [0.1, 0.15) is 0 Å². The lowest BCUT2D eigenvalue weighted by molar-refractivity contribution is -0.116. The average molecular weight is 237 g/mol. The van der Waals surface area contributed by atoms with Gasteiger partial charge in [-0.1, -0.05) is 13.8 Å². The first-order valence-electron chi connectivity index (χ1n) is 5.52. The van der Waals surface area contributed by atoms with Crippen LogP contribution in [0.5, 0.6) is 0 Å². The van der Waals surface area contributed by atoms with Gasteiger partial charge in [0.15, 0.2) is 0 Å². The number of amides is 1. The Labute approximate surface area is 101 Å². The molecule has 0 fully saturated rings. The molecule has 3 N–H and O–H groups in total. The number of hydrogen-bond acceptors (Lipinski definition) is 5. The highest BCUT2D eigenvalue weighted by molar-refractivity contribution is 5.78. The average Bonchev–Trinajstić information content (AvgIpc) is 2.26. The fourth-order valence-corrected chi connectivity index (χ4v) is 1.26. The Morgan fingerprint density at radius 3 is 2.53 bits per heavy atom. The molecule has 0 aromatic carbocycles. The van der Waals surface area contributed by atoms with E-state index in [-0.39, 0.29) is 6.54 Å². The molecular formula is C11H19N5O. The Hall–Kier alpha value is -1.69. The number of aromatic nitrogens is 2. The van der Waals surface area contributed by atoms with E-state index in [0.29, 0.717) is 12.0 Å². The third kappa shape index (κ3) is 4.78. The molecule has 0 saturated heterocycles. The topological polar surface area (TPSA) is 84.1 Å². The van der Waals surface area contributed by atoms with Gasteiger partial charge in [-0.3, -0.25) is 4.79 Å². The van der Waals surface area contributed by atoms with Crippen molar-refractivity contribution in [2.45, 2.75) is 26.4 Å². The van der Waals surface area contributed by atoms with Crippen molar-refractivity contribution in [3.8, 4) is 0 Å². The summed E-state index contributed by atoms with van der Waals surface area (Å²) >= 11 is 0. The highest BCUT2D eigenvalue weighted by Gasteiger charge is 2.06. The van der Waals surface area contributed by atoms with Crippen molar-refractivity contribution in [3.63, 3.8) is 0 Å². The van der Waals surface area contributed by atoms with Crippen LogP contribution in [0.4, 0.5) is 5.95 Å². The van der Waals surface area contributed by atoms with Crippen LogP contribution in [0.2, 0.25) is 0 Å². The molecule has 6 nitrogen and oxygen atoms in total. The summed E-state index contributed by atoms with van der Waals surface area (Å²) in [6.07, 6.45) is 3.49. The first-order chi connectivity index (χ1) is 7.99. The minimum atomic E-state index is -0.401. The molecular weight excluding hydrogens is 218 g/mol. The van der Waals surface area contributed by atoms with E-state index in [1.54, 1.807) is 24.3 Å². The summed E-state index contributed by atoms with van der Waals surface area (Å²) in [5, 5.41) is 3.27. The van der Waals surface area contributed by atoms with E-state index < -0.39 is 5.91 Å². The van der Waals surface area contributed by atoms with Crippen LogP contribution in [0.25, 0.3) is 0 Å². The smallest absolute Gasteiger partial charge is 0.237 e. The van der Waals surface area contributed by atoms with Gasteiger partial charge in [-0.25, -0.2) is 9.97 Å². The van der Waals surface area contributed by atoms with E-state index in [1.807, 2.05) is 0 Å². The monoisotopic (exact) mass is 237 g/mol. The van der Waals surface area contributed by atoms with Gasteiger partial charge in [-0.05, 0) is 0 Å². The second-order valence-electron chi connectivity index (χ2n) is 4.25. The van der Waals surface area contributed by atoms with Crippen molar-refractivity contribution >= 4 is 11.9 Å². The number of carbonyl (C=O) groups excluding carboxylic acids is 1. The summed E-state index contributed by atoms with van der Waals surface area (Å²) in [5.74, 6) is 0.0961. The fraction of sp³-hybridized carbons (Fsp3) is 0.545. The van der Waals surface area contributed by atoms with E-state index in [0.717, 1.165) is 12.1 Å². The lowest BCUT2D eigenvalue weighted by Gasteiger charge is -2.15. The van der Waals surface area contributed by atoms with E-state index >= 15 is 0 Å². The summed E-state index contributed by atoms with van der Waals surface area (Å²) in [7, 11) is 1.73. The van der Waals surface area contributed by atoms with Crippen LogP contribution < -0.4 is 16.0 Å². The molecule has 0 spiro atoms. The molecule has 94 valence electrons. The summed E-state index contributed by atoms with van der Waals surface area (Å²) in [5.41, 5.74) is 6.10. The largest absolute Gasteiger partial charge is 0.368 e. The molecule has 1 amide bonds. The van der Waals surface area contributed by atoms with Gasteiger partial charge in [0.25, 0.3) is 0 Å². The van der Waals surface area contributed by atoms with Crippen LogP contribution in [0.3, 0.4) is 0 Å². The number of primary amides is 1. The molecule has 0 aliphatic carbocycles. The van der Waals surface area contributed by atoms with E-state index in [1.165, 1.54) is 0 Å². The van der Waals surface area contributed by atoms with Crippen LogP contribution in [0.15, 0.2) is 12.4 Å². The van der Waals surface area contributed by atoms with Gasteiger partial charge in [0.2, 0.25) is 11.9 Å². The number of carbonyl (C=O) groups is 1. The molecule has 1 aromatic rings. The number of hydrogen-bond donors (Lipinski definition) is 2. The zero-order valence-electron chi connectivity index (χ0n) is 10.5. The zero-order chi connectivity index (χ0) is 12.8. The van der Waals surface area contributed by atoms with Gasteiger partial charge in [0.05, 0.1) is 6.54 Å². The number of nitrogens with two attached hydrogens (primary N) is 1. The molecule has 1 heterocycles. The third-order valence-electron chi connectivity index (χ3n) is 2.14. The molecule has 0 bridgehead atoms. The molecule has 6 heteroatoms. The molecule has 0 radical (unpaired) electrons. The maximum absolute atomic E-state index is 10.7. The maximum Gasteiger partial charge on any atom is 0.237 e. The molecule has 0 atom stereocenters. The number of nitrogens with zero attached hydrogens (tertiary/aromatic N) is 3. The third-order valence-corrected chi connectivity index (χ3v) is 2.14. The van der Waals surface area contributed by atoms with Gasteiger partial charge >= 0.3 is 0 Å². The van der Waals surface area contributed by atoms with Crippen molar-refractivity contribution in [2.75, 3.05) is 18.5 Å². The van der Waals surface area contributed by atoms with Crippen LogP contribution in [0.1, 0.15) is 19.4 Å². The first kappa shape index (κ1) is 13.4. The van der Waals surface area contributed by atoms with E-state index in [4.69, 9.17) is 5.73 Å². The van der Waals surface area contributed by atoms with Crippen LogP contribution in [-0.4, -0.2) is 35.5 Å². The minimum Gasteiger partial charge on any atom is -0.368 e. The van der Waals surface area contributed by atoms with Crippen molar-refractivity contribution in [2.24, 2.45) is 5.73 Å². The van der Waals surface area contributed by atoms with Crippen molar-refractivity contribution in [1.29, 1.82) is 0 Å². The Morgan fingerprint density at radius 2 is 2.06 bits per heavy atom. The normalized spacial score (nSPS) is 10.6. The quantitative estimate of drug-likeness (QED) is 0.721. The van der Waals surface area contributed by atoms with Crippen LogP contribution >= 0.6 is 0 Å². The Balaban J connectivity index is 2.58. The molecule has 0 aliphatic rings. The lowest BCUT2D eigenvalue weighted by Crippen LogP contribution is -2.31. The predicted octanol–water partition coefficient (Wildman–Crippen LogP) is -0.104.